The first-order chi connectivity index (χ1) is 8.63. The van der Waals surface area contributed by atoms with E-state index >= 15 is 0 Å². The fourth-order valence-corrected chi connectivity index (χ4v) is 4.93. The highest BCUT2D eigenvalue weighted by Gasteiger charge is 2.33. The van der Waals surface area contributed by atoms with Crippen molar-refractivity contribution in [1.82, 2.24) is 4.98 Å². The minimum Gasteiger partial charge on any atom is -0.356 e. The molecule has 0 aliphatic heterocycles. The van der Waals surface area contributed by atoms with Crippen LogP contribution in [-0.2, 0) is 0 Å². The molecule has 0 aromatic heterocycles. The van der Waals surface area contributed by atoms with E-state index in [2.05, 4.69) is 11.5 Å². The largest absolute Gasteiger partial charge is 0.356 e. The Bertz CT molecular complexity index is 489. The Morgan fingerprint density at radius 1 is 0.944 bits per heavy atom. The summed E-state index contributed by atoms with van der Waals surface area (Å²) in [5.41, 5.74) is 5.34. The van der Waals surface area contributed by atoms with Crippen LogP contribution in [0.25, 0.3) is 0 Å². The highest BCUT2D eigenvalue weighted by Crippen LogP contribution is 2.01. The molecule has 0 aliphatic rings. The number of amides is 2. The fraction of sp³-hybridized carbons (Fsp3) is 0.0714. The van der Waals surface area contributed by atoms with Gasteiger partial charge in [0.15, 0.2) is 0 Å². The van der Waals surface area contributed by atoms with Gasteiger partial charge in [0.25, 0.3) is 0 Å². The van der Waals surface area contributed by atoms with Crippen LogP contribution in [-0.4, -0.2) is 14.3 Å². The summed E-state index contributed by atoms with van der Waals surface area (Å²) in [4.78, 5) is 14.3. The Hall–Kier alpha value is -2.07. The Balaban J connectivity index is 2.51. The molecule has 0 fully saturated rings. The average Bonchev–Trinajstić information content (AvgIpc) is 2.40. The molecule has 0 atom stereocenters. The molecule has 0 bridgehead atoms. The number of nitrogens with one attached hydrogen (secondary N) is 1. The number of carbonyl (C=O) groups is 1. The number of nitrogens with two attached hydrogens (primary N) is 1. The molecular formula is C14H16N2OSi. The minimum atomic E-state index is -2.29. The highest BCUT2D eigenvalue weighted by molar-refractivity contribution is 7.00. The fourth-order valence-electron chi connectivity index (χ4n) is 2.10. The molecule has 4 heteroatoms. The molecule has 0 unspecified atom stereocenters. The highest BCUT2D eigenvalue weighted by atomic mass is 28.3. The van der Waals surface area contributed by atoms with Crippen molar-refractivity contribution in [2.75, 3.05) is 0 Å². The number of rotatable bonds is 3. The van der Waals surface area contributed by atoms with Crippen molar-refractivity contribution in [3.05, 3.63) is 60.7 Å². The van der Waals surface area contributed by atoms with Crippen molar-refractivity contribution < 1.29 is 4.79 Å². The van der Waals surface area contributed by atoms with Gasteiger partial charge in [0, 0.05) is 0 Å². The lowest BCUT2D eigenvalue weighted by molar-refractivity contribution is 0.253. The summed E-state index contributed by atoms with van der Waals surface area (Å²) in [5, 5.41) is 2.27. The predicted octanol–water partition coefficient (Wildman–Crippen LogP) is 1.04. The molecule has 0 saturated heterocycles. The van der Waals surface area contributed by atoms with Crippen LogP contribution in [0.5, 0.6) is 0 Å². The topological polar surface area (TPSA) is 55.1 Å². The second-order valence-corrected chi connectivity index (χ2v) is 8.00. The third kappa shape index (κ3) is 2.43. The van der Waals surface area contributed by atoms with Crippen LogP contribution in [0.3, 0.4) is 0 Å². The lowest BCUT2D eigenvalue weighted by atomic mass is 10.4. The summed E-state index contributed by atoms with van der Waals surface area (Å²) in [5.74, 6) is 0. The van der Waals surface area contributed by atoms with Gasteiger partial charge in [-0.3, -0.25) is 4.79 Å². The normalized spacial score (nSPS) is 10.9. The number of benzene rings is 2. The molecule has 0 heterocycles. The van der Waals surface area contributed by atoms with Crippen LogP contribution in [0.1, 0.15) is 0 Å². The van der Waals surface area contributed by atoms with Gasteiger partial charge < -0.3 is 10.7 Å². The van der Waals surface area contributed by atoms with Crippen molar-refractivity contribution >= 4 is 24.6 Å². The van der Waals surface area contributed by atoms with E-state index in [0.717, 1.165) is 10.4 Å². The number of carbonyl (C=O) groups excluding carboxylic acids is 1. The van der Waals surface area contributed by atoms with Gasteiger partial charge in [-0.1, -0.05) is 60.7 Å². The van der Waals surface area contributed by atoms with Crippen LogP contribution in [0.2, 0.25) is 6.55 Å². The van der Waals surface area contributed by atoms with E-state index in [0.29, 0.717) is 0 Å². The molecule has 2 aromatic carbocycles. The van der Waals surface area contributed by atoms with Gasteiger partial charge in [-0.2, -0.15) is 0 Å². The van der Waals surface area contributed by atoms with Gasteiger partial charge in [-0.15, -0.1) is 0 Å². The second kappa shape index (κ2) is 5.06. The third-order valence-electron chi connectivity index (χ3n) is 3.08. The van der Waals surface area contributed by atoms with Gasteiger partial charge in [0.05, 0.1) is 0 Å². The second-order valence-electron chi connectivity index (χ2n) is 4.35. The third-order valence-corrected chi connectivity index (χ3v) is 6.80. The molecule has 3 N–H and O–H groups in total. The summed E-state index contributed by atoms with van der Waals surface area (Å²) in [6, 6.07) is 19.5. The number of hydrogen-bond acceptors (Lipinski definition) is 1. The van der Waals surface area contributed by atoms with E-state index in [4.69, 9.17) is 5.73 Å². The van der Waals surface area contributed by atoms with E-state index in [-0.39, 0.29) is 0 Å². The van der Waals surface area contributed by atoms with Gasteiger partial charge in [-0.25, -0.2) is 0 Å². The monoisotopic (exact) mass is 256 g/mol. The molecule has 0 aliphatic carbocycles. The van der Waals surface area contributed by atoms with E-state index < -0.39 is 14.3 Å². The van der Waals surface area contributed by atoms with Crippen molar-refractivity contribution in [3.63, 3.8) is 0 Å². The Morgan fingerprint density at radius 2 is 1.33 bits per heavy atom. The molecule has 18 heavy (non-hydrogen) atoms. The number of urea groups is 1. The maximum atomic E-state index is 11.3. The maximum Gasteiger partial charge on any atom is 0.304 e. The smallest absolute Gasteiger partial charge is 0.304 e. The quantitative estimate of drug-likeness (QED) is 0.792. The molecule has 92 valence electrons. The van der Waals surface area contributed by atoms with Crippen molar-refractivity contribution in [1.29, 1.82) is 0 Å². The molecule has 0 radical (unpaired) electrons. The van der Waals surface area contributed by atoms with Crippen molar-refractivity contribution in [2.45, 2.75) is 6.55 Å². The zero-order valence-corrected chi connectivity index (χ0v) is 11.3. The van der Waals surface area contributed by atoms with E-state index in [1.807, 2.05) is 60.7 Å². The lowest BCUT2D eigenvalue weighted by Crippen LogP contribution is -2.69. The van der Waals surface area contributed by atoms with Crippen LogP contribution >= 0.6 is 0 Å². The minimum absolute atomic E-state index is 0.475. The van der Waals surface area contributed by atoms with E-state index in [1.54, 1.807) is 0 Å². The number of hydrogen-bond donors (Lipinski definition) is 2. The van der Waals surface area contributed by atoms with Crippen LogP contribution < -0.4 is 21.1 Å². The first-order valence-corrected chi connectivity index (χ1v) is 8.31. The van der Waals surface area contributed by atoms with Gasteiger partial charge in [-0.05, 0) is 16.9 Å². The molecule has 0 saturated carbocycles. The maximum absolute atomic E-state index is 11.3. The summed E-state index contributed by atoms with van der Waals surface area (Å²) in [6.07, 6.45) is 0. The first kappa shape index (κ1) is 12.4. The molecule has 3 nitrogen and oxygen atoms in total. The molecule has 2 amide bonds. The number of primary amides is 1. The standard InChI is InChI=1S/C14H16N2OSi/c1-18(16-14(15)17,12-8-4-2-5-9-12)13-10-6-3-7-11-13/h2-11H,1H3,(H3,15,16,17). The average molecular weight is 256 g/mol. The summed E-state index contributed by atoms with van der Waals surface area (Å²) < 4.78 is 0. The molecule has 0 spiro atoms. The Morgan fingerprint density at radius 3 is 1.67 bits per heavy atom. The zero-order chi connectivity index (χ0) is 13.0. The van der Waals surface area contributed by atoms with Crippen molar-refractivity contribution in [3.8, 4) is 0 Å². The SMILES string of the molecule is C[Si](NC(N)=O)(c1ccccc1)c1ccccc1. The summed E-state index contributed by atoms with van der Waals surface area (Å²) >= 11 is 0. The molecule has 2 aromatic rings. The predicted molar refractivity (Wildman–Crippen MR) is 76.5 cm³/mol. The Kier molecular flexibility index (Phi) is 3.48. The van der Waals surface area contributed by atoms with Crippen molar-refractivity contribution in [2.24, 2.45) is 5.73 Å². The lowest BCUT2D eigenvalue weighted by Gasteiger charge is -2.28. The first-order valence-electron chi connectivity index (χ1n) is 5.81. The van der Waals surface area contributed by atoms with Crippen LogP contribution in [0.15, 0.2) is 60.7 Å². The van der Waals surface area contributed by atoms with Gasteiger partial charge in [0.2, 0.25) is 8.24 Å². The summed E-state index contributed by atoms with van der Waals surface area (Å²) in [6.45, 7) is 2.09. The van der Waals surface area contributed by atoms with E-state index in [9.17, 15) is 4.79 Å². The zero-order valence-electron chi connectivity index (χ0n) is 10.3. The van der Waals surface area contributed by atoms with Crippen LogP contribution in [0, 0.1) is 0 Å². The van der Waals surface area contributed by atoms with Gasteiger partial charge >= 0.3 is 6.03 Å². The van der Waals surface area contributed by atoms with E-state index in [1.165, 1.54) is 0 Å². The Labute approximate surface area is 108 Å². The van der Waals surface area contributed by atoms with Gasteiger partial charge in [0.1, 0.15) is 0 Å². The summed E-state index contributed by atoms with van der Waals surface area (Å²) in [7, 11) is -2.29. The van der Waals surface area contributed by atoms with Crippen LogP contribution in [0.4, 0.5) is 4.79 Å². The molecule has 2 rings (SSSR count). The molecular weight excluding hydrogens is 240 g/mol.